The average Bonchev–Trinajstić information content (AvgIpc) is 2.88. The van der Waals surface area contributed by atoms with Gasteiger partial charge in [-0.2, -0.15) is 0 Å². The van der Waals surface area contributed by atoms with E-state index >= 15 is 0 Å². The van der Waals surface area contributed by atoms with Crippen molar-refractivity contribution in [3.8, 4) is 11.8 Å². The largest absolute Gasteiger partial charge is 0.393 e. The Labute approximate surface area is 119 Å². The van der Waals surface area contributed by atoms with Crippen LogP contribution in [0.25, 0.3) is 0 Å². The number of hydrogen-bond acceptors (Lipinski definition) is 3. The highest BCUT2D eigenvalue weighted by Crippen LogP contribution is 2.22. The highest BCUT2D eigenvalue weighted by Gasteiger charge is 2.26. The van der Waals surface area contributed by atoms with E-state index in [2.05, 4.69) is 16.7 Å². The Kier molecular flexibility index (Phi) is 5.13. The summed E-state index contributed by atoms with van der Waals surface area (Å²) in [6.07, 6.45) is 0.653. The van der Waals surface area contributed by atoms with Gasteiger partial charge in [-0.3, -0.25) is 4.90 Å². The summed E-state index contributed by atoms with van der Waals surface area (Å²) in [7, 11) is 0. The van der Waals surface area contributed by atoms with Crippen molar-refractivity contribution in [1.82, 2.24) is 4.90 Å². The number of rotatable bonds is 3. The van der Waals surface area contributed by atoms with Crippen LogP contribution in [0.4, 0.5) is 4.39 Å². The lowest BCUT2D eigenvalue weighted by Crippen LogP contribution is -2.24. The minimum Gasteiger partial charge on any atom is -0.393 e. The number of aliphatic hydroxyl groups excluding tert-OH is 2. The molecule has 1 aliphatic heterocycles. The third-order valence-electron chi connectivity index (χ3n) is 3.75. The van der Waals surface area contributed by atoms with Crippen LogP contribution in [0.1, 0.15) is 24.5 Å². The third-order valence-corrected chi connectivity index (χ3v) is 3.75. The fraction of sp³-hybridized carbons (Fsp3) is 0.500. The van der Waals surface area contributed by atoms with Gasteiger partial charge >= 0.3 is 0 Å². The predicted octanol–water partition coefficient (Wildman–Crippen LogP) is 1.37. The Morgan fingerprint density at radius 1 is 1.50 bits per heavy atom. The van der Waals surface area contributed by atoms with Crippen LogP contribution in [0.15, 0.2) is 18.2 Å². The van der Waals surface area contributed by atoms with E-state index in [1.807, 2.05) is 6.92 Å². The molecule has 0 aromatic heterocycles. The van der Waals surface area contributed by atoms with Crippen LogP contribution in [-0.2, 0) is 6.54 Å². The second kappa shape index (κ2) is 6.85. The number of benzene rings is 1. The summed E-state index contributed by atoms with van der Waals surface area (Å²) in [4.78, 5) is 2.16. The van der Waals surface area contributed by atoms with Gasteiger partial charge in [-0.25, -0.2) is 4.39 Å². The van der Waals surface area contributed by atoms with E-state index in [-0.39, 0.29) is 24.4 Å². The van der Waals surface area contributed by atoms with E-state index in [1.54, 1.807) is 12.1 Å². The van der Waals surface area contributed by atoms with Gasteiger partial charge in [-0.1, -0.05) is 17.9 Å². The summed E-state index contributed by atoms with van der Waals surface area (Å²) in [6.45, 7) is 3.84. The SMILES string of the molecule is CC(O)C1CCN(Cc2ccc(C#CCO)cc2F)C1. The van der Waals surface area contributed by atoms with Crippen LogP contribution in [-0.4, -0.2) is 40.9 Å². The molecular weight excluding hydrogens is 257 g/mol. The van der Waals surface area contributed by atoms with Gasteiger partial charge in [0.2, 0.25) is 0 Å². The van der Waals surface area contributed by atoms with Gasteiger partial charge in [0.25, 0.3) is 0 Å². The van der Waals surface area contributed by atoms with Crippen molar-refractivity contribution < 1.29 is 14.6 Å². The molecule has 4 heteroatoms. The van der Waals surface area contributed by atoms with Crippen molar-refractivity contribution in [2.24, 2.45) is 5.92 Å². The van der Waals surface area contributed by atoms with E-state index < -0.39 is 0 Å². The Hall–Kier alpha value is -1.41. The lowest BCUT2D eigenvalue weighted by atomic mass is 10.0. The van der Waals surface area contributed by atoms with Crippen molar-refractivity contribution in [2.75, 3.05) is 19.7 Å². The standard InChI is InChI=1S/C16H20FNO2/c1-12(20)14-6-7-18(10-14)11-15-5-4-13(3-2-8-19)9-16(15)17/h4-5,9,12,14,19-20H,6-8,10-11H2,1H3. The van der Waals surface area contributed by atoms with Crippen molar-refractivity contribution in [2.45, 2.75) is 26.0 Å². The fourth-order valence-corrected chi connectivity index (χ4v) is 2.54. The normalized spacial score (nSPS) is 20.5. The molecule has 0 amide bonds. The fourth-order valence-electron chi connectivity index (χ4n) is 2.54. The molecule has 20 heavy (non-hydrogen) atoms. The molecule has 0 bridgehead atoms. The summed E-state index contributed by atoms with van der Waals surface area (Å²) in [6, 6.07) is 4.91. The van der Waals surface area contributed by atoms with Crippen molar-refractivity contribution in [1.29, 1.82) is 0 Å². The van der Waals surface area contributed by atoms with E-state index in [1.165, 1.54) is 6.07 Å². The minimum absolute atomic E-state index is 0.224. The van der Waals surface area contributed by atoms with Crippen LogP contribution >= 0.6 is 0 Å². The molecule has 2 unspecified atom stereocenters. The van der Waals surface area contributed by atoms with Crippen LogP contribution in [0.5, 0.6) is 0 Å². The molecule has 2 rings (SSSR count). The first-order valence-electron chi connectivity index (χ1n) is 6.88. The van der Waals surface area contributed by atoms with Gasteiger partial charge in [-0.15, -0.1) is 0 Å². The predicted molar refractivity (Wildman–Crippen MR) is 75.4 cm³/mol. The number of nitrogens with zero attached hydrogens (tertiary/aromatic N) is 1. The molecule has 1 fully saturated rings. The topological polar surface area (TPSA) is 43.7 Å². The monoisotopic (exact) mass is 277 g/mol. The molecular formula is C16H20FNO2. The highest BCUT2D eigenvalue weighted by atomic mass is 19.1. The van der Waals surface area contributed by atoms with E-state index in [9.17, 15) is 9.50 Å². The zero-order valence-corrected chi connectivity index (χ0v) is 11.6. The van der Waals surface area contributed by atoms with Crippen LogP contribution in [0.2, 0.25) is 0 Å². The Morgan fingerprint density at radius 2 is 2.30 bits per heavy atom. The Bertz CT molecular complexity index is 519. The second-order valence-corrected chi connectivity index (χ2v) is 5.29. The number of halogens is 1. The third kappa shape index (κ3) is 3.80. The Balaban J connectivity index is 2.00. The van der Waals surface area contributed by atoms with E-state index in [4.69, 9.17) is 5.11 Å². The molecule has 1 aliphatic rings. The van der Waals surface area contributed by atoms with E-state index in [0.29, 0.717) is 17.7 Å². The maximum absolute atomic E-state index is 14.0. The van der Waals surface area contributed by atoms with Crippen molar-refractivity contribution in [3.63, 3.8) is 0 Å². The zero-order chi connectivity index (χ0) is 14.5. The average molecular weight is 277 g/mol. The maximum Gasteiger partial charge on any atom is 0.128 e. The van der Waals surface area contributed by atoms with Gasteiger partial charge in [0.05, 0.1) is 6.10 Å². The lowest BCUT2D eigenvalue weighted by Gasteiger charge is -2.17. The van der Waals surface area contributed by atoms with Crippen molar-refractivity contribution >= 4 is 0 Å². The number of hydrogen-bond donors (Lipinski definition) is 2. The molecule has 1 saturated heterocycles. The molecule has 1 aromatic carbocycles. The molecule has 0 radical (unpaired) electrons. The molecule has 2 N–H and O–H groups in total. The molecule has 1 heterocycles. The molecule has 1 aromatic rings. The molecule has 2 atom stereocenters. The van der Waals surface area contributed by atoms with Crippen LogP contribution < -0.4 is 0 Å². The molecule has 0 aliphatic carbocycles. The maximum atomic E-state index is 14.0. The lowest BCUT2D eigenvalue weighted by molar-refractivity contribution is 0.127. The first kappa shape index (κ1) is 15.0. The first-order chi connectivity index (χ1) is 9.60. The minimum atomic E-state index is -0.305. The van der Waals surface area contributed by atoms with Gasteiger partial charge < -0.3 is 10.2 Å². The van der Waals surface area contributed by atoms with Crippen molar-refractivity contribution in [3.05, 3.63) is 35.1 Å². The summed E-state index contributed by atoms with van der Waals surface area (Å²) in [5.74, 6) is 5.21. The van der Waals surface area contributed by atoms with Gasteiger partial charge in [0.1, 0.15) is 12.4 Å². The molecule has 3 nitrogen and oxygen atoms in total. The quantitative estimate of drug-likeness (QED) is 0.820. The number of aliphatic hydroxyl groups is 2. The summed E-state index contributed by atoms with van der Waals surface area (Å²) in [5, 5.41) is 18.2. The zero-order valence-electron chi connectivity index (χ0n) is 11.6. The van der Waals surface area contributed by atoms with Gasteiger partial charge in [0, 0.05) is 24.2 Å². The molecule has 0 spiro atoms. The van der Waals surface area contributed by atoms with Crippen LogP contribution in [0.3, 0.4) is 0 Å². The van der Waals surface area contributed by atoms with E-state index in [0.717, 1.165) is 19.5 Å². The van der Waals surface area contributed by atoms with Gasteiger partial charge in [-0.05, 0) is 37.9 Å². The number of likely N-dealkylation sites (tertiary alicyclic amines) is 1. The second-order valence-electron chi connectivity index (χ2n) is 5.29. The first-order valence-corrected chi connectivity index (χ1v) is 6.88. The summed E-state index contributed by atoms with van der Waals surface area (Å²) >= 11 is 0. The van der Waals surface area contributed by atoms with Gasteiger partial charge in [0.15, 0.2) is 0 Å². The smallest absolute Gasteiger partial charge is 0.128 e. The summed E-state index contributed by atoms with van der Waals surface area (Å²) in [5.41, 5.74) is 1.22. The molecule has 0 saturated carbocycles. The Morgan fingerprint density at radius 3 is 2.90 bits per heavy atom. The van der Waals surface area contributed by atoms with Crippen LogP contribution in [0, 0.1) is 23.6 Å². The highest BCUT2D eigenvalue weighted by molar-refractivity contribution is 5.37. The molecule has 108 valence electrons. The summed E-state index contributed by atoms with van der Waals surface area (Å²) < 4.78 is 14.0.